The molecule has 72 valence electrons. The van der Waals surface area contributed by atoms with Gasteiger partial charge in [0.15, 0.2) is 10.9 Å². The number of ketones is 1. The number of nitrogens with one attached hydrogen (secondary N) is 2. The summed E-state index contributed by atoms with van der Waals surface area (Å²) < 4.78 is 0. The number of imidazole rings is 1. The number of aromatic amines is 2. The normalized spacial score (nSPS) is 10.3. The van der Waals surface area contributed by atoms with Crippen molar-refractivity contribution in [3.8, 4) is 0 Å². The molecule has 0 saturated heterocycles. The molecule has 0 atom stereocenters. The van der Waals surface area contributed by atoms with Gasteiger partial charge in [-0.25, -0.2) is 4.98 Å². The number of hydrogen-bond donors (Lipinski definition) is 2. The zero-order valence-corrected chi connectivity index (χ0v) is 8.17. The number of rotatable bonds is 4. The molecule has 0 radical (unpaired) electrons. The molecule has 0 unspecified atom stereocenters. The SMILES string of the molecule is O=C(CSc1ncc[nH]1)c1ccc[nH]1. The second-order valence-corrected chi connectivity index (χ2v) is 3.65. The Kier molecular flexibility index (Phi) is 2.69. The molecular weight excluding hydrogens is 198 g/mol. The van der Waals surface area contributed by atoms with E-state index in [1.165, 1.54) is 11.8 Å². The summed E-state index contributed by atoms with van der Waals surface area (Å²) in [6.45, 7) is 0. The second kappa shape index (κ2) is 4.15. The highest BCUT2D eigenvalue weighted by Gasteiger charge is 2.07. The fourth-order valence-corrected chi connectivity index (χ4v) is 1.76. The summed E-state index contributed by atoms with van der Waals surface area (Å²) in [6.07, 6.45) is 5.15. The van der Waals surface area contributed by atoms with E-state index < -0.39 is 0 Å². The lowest BCUT2D eigenvalue weighted by atomic mass is 10.3. The van der Waals surface area contributed by atoms with E-state index in [4.69, 9.17) is 0 Å². The number of nitrogens with zero attached hydrogens (tertiary/aromatic N) is 1. The first-order valence-corrected chi connectivity index (χ1v) is 5.13. The Morgan fingerprint density at radius 2 is 2.36 bits per heavy atom. The molecular formula is C9H9N3OS. The Labute approximate surface area is 85.1 Å². The summed E-state index contributed by atoms with van der Waals surface area (Å²) >= 11 is 1.40. The van der Waals surface area contributed by atoms with Crippen LogP contribution in [-0.2, 0) is 0 Å². The van der Waals surface area contributed by atoms with Gasteiger partial charge in [-0.2, -0.15) is 0 Å². The Hall–Kier alpha value is -1.49. The van der Waals surface area contributed by atoms with E-state index >= 15 is 0 Å². The van der Waals surface area contributed by atoms with Gasteiger partial charge in [0.2, 0.25) is 0 Å². The summed E-state index contributed by atoms with van der Waals surface area (Å²) in [6, 6.07) is 3.58. The van der Waals surface area contributed by atoms with Gasteiger partial charge < -0.3 is 9.97 Å². The van der Waals surface area contributed by atoms with Gasteiger partial charge in [-0.15, -0.1) is 0 Å². The van der Waals surface area contributed by atoms with E-state index in [0.29, 0.717) is 11.4 Å². The van der Waals surface area contributed by atoms with Crippen molar-refractivity contribution < 1.29 is 4.79 Å². The molecule has 0 aliphatic rings. The molecule has 2 aromatic heterocycles. The van der Waals surface area contributed by atoms with Crippen LogP contribution in [0.1, 0.15) is 10.5 Å². The van der Waals surface area contributed by atoms with Crippen LogP contribution in [0.5, 0.6) is 0 Å². The van der Waals surface area contributed by atoms with Crippen molar-refractivity contribution >= 4 is 17.5 Å². The molecule has 0 bridgehead atoms. The average molecular weight is 207 g/mol. The standard InChI is InChI=1S/C9H9N3OS/c13-8(7-2-1-3-10-7)6-14-9-11-4-5-12-9/h1-5,10H,6H2,(H,11,12). The molecule has 0 saturated carbocycles. The zero-order chi connectivity index (χ0) is 9.80. The summed E-state index contributed by atoms with van der Waals surface area (Å²) in [5, 5.41) is 0.768. The molecule has 0 fully saturated rings. The van der Waals surface area contributed by atoms with Gasteiger partial charge in [0, 0.05) is 18.6 Å². The van der Waals surface area contributed by atoms with Crippen molar-refractivity contribution in [2.45, 2.75) is 5.16 Å². The zero-order valence-electron chi connectivity index (χ0n) is 7.36. The van der Waals surface area contributed by atoms with E-state index in [2.05, 4.69) is 15.0 Å². The molecule has 0 amide bonds. The summed E-state index contributed by atoms with van der Waals surface area (Å²) in [7, 11) is 0. The van der Waals surface area contributed by atoms with E-state index in [-0.39, 0.29) is 5.78 Å². The van der Waals surface area contributed by atoms with E-state index in [9.17, 15) is 4.79 Å². The molecule has 2 N–H and O–H groups in total. The molecule has 14 heavy (non-hydrogen) atoms. The molecule has 5 heteroatoms. The first kappa shape index (κ1) is 9.08. The minimum Gasteiger partial charge on any atom is -0.359 e. The van der Waals surface area contributed by atoms with Gasteiger partial charge in [-0.05, 0) is 12.1 Å². The van der Waals surface area contributed by atoms with Gasteiger partial charge in [-0.3, -0.25) is 4.79 Å². The van der Waals surface area contributed by atoms with Crippen LogP contribution in [0.25, 0.3) is 0 Å². The summed E-state index contributed by atoms with van der Waals surface area (Å²) in [5.41, 5.74) is 0.643. The van der Waals surface area contributed by atoms with Gasteiger partial charge in [0.05, 0.1) is 11.4 Å². The van der Waals surface area contributed by atoms with E-state index in [1.807, 2.05) is 6.07 Å². The van der Waals surface area contributed by atoms with Crippen molar-refractivity contribution in [3.05, 3.63) is 36.4 Å². The molecule has 0 aromatic carbocycles. The maximum atomic E-state index is 11.5. The smallest absolute Gasteiger partial charge is 0.189 e. The van der Waals surface area contributed by atoms with Crippen LogP contribution in [-0.4, -0.2) is 26.5 Å². The Morgan fingerprint density at radius 3 is 3.00 bits per heavy atom. The van der Waals surface area contributed by atoms with E-state index in [0.717, 1.165) is 5.16 Å². The third-order valence-corrected chi connectivity index (χ3v) is 2.61. The number of Topliss-reactive ketones (excluding diaryl/α,β-unsaturated/α-hetero) is 1. The number of hydrogen-bond acceptors (Lipinski definition) is 3. The van der Waals surface area contributed by atoms with Gasteiger partial charge in [0.1, 0.15) is 0 Å². The largest absolute Gasteiger partial charge is 0.359 e. The number of thioether (sulfide) groups is 1. The minimum atomic E-state index is 0.0800. The van der Waals surface area contributed by atoms with Gasteiger partial charge in [-0.1, -0.05) is 11.8 Å². The number of carbonyl (C=O) groups is 1. The average Bonchev–Trinajstić information content (AvgIpc) is 2.87. The maximum Gasteiger partial charge on any atom is 0.189 e. The fraction of sp³-hybridized carbons (Fsp3) is 0.111. The lowest BCUT2D eigenvalue weighted by Gasteiger charge is -1.95. The molecule has 4 nitrogen and oxygen atoms in total. The van der Waals surface area contributed by atoms with Gasteiger partial charge in [0.25, 0.3) is 0 Å². The lowest BCUT2D eigenvalue weighted by molar-refractivity contribution is 0.101. The summed E-state index contributed by atoms with van der Waals surface area (Å²) in [4.78, 5) is 21.3. The molecule has 0 spiro atoms. The Balaban J connectivity index is 1.90. The van der Waals surface area contributed by atoms with Crippen LogP contribution in [0.2, 0.25) is 0 Å². The van der Waals surface area contributed by atoms with Crippen molar-refractivity contribution in [1.82, 2.24) is 15.0 Å². The maximum absolute atomic E-state index is 11.5. The lowest BCUT2D eigenvalue weighted by Crippen LogP contribution is -2.02. The first-order valence-electron chi connectivity index (χ1n) is 4.15. The summed E-state index contributed by atoms with van der Waals surface area (Å²) in [5.74, 6) is 0.477. The molecule has 2 rings (SSSR count). The minimum absolute atomic E-state index is 0.0800. The van der Waals surface area contributed by atoms with Crippen molar-refractivity contribution in [2.24, 2.45) is 0 Å². The third-order valence-electron chi connectivity index (χ3n) is 1.71. The highest BCUT2D eigenvalue weighted by atomic mass is 32.2. The quantitative estimate of drug-likeness (QED) is 0.592. The first-order chi connectivity index (χ1) is 6.86. The third kappa shape index (κ3) is 2.05. The highest BCUT2D eigenvalue weighted by molar-refractivity contribution is 7.99. The number of carbonyl (C=O) groups excluding carboxylic acids is 1. The molecule has 0 aliphatic carbocycles. The monoisotopic (exact) mass is 207 g/mol. The van der Waals surface area contributed by atoms with Crippen molar-refractivity contribution in [1.29, 1.82) is 0 Å². The van der Waals surface area contributed by atoms with Gasteiger partial charge >= 0.3 is 0 Å². The van der Waals surface area contributed by atoms with Crippen LogP contribution in [0.15, 0.2) is 35.9 Å². The van der Waals surface area contributed by atoms with Crippen molar-refractivity contribution in [3.63, 3.8) is 0 Å². The van der Waals surface area contributed by atoms with E-state index in [1.54, 1.807) is 24.7 Å². The predicted molar refractivity (Wildman–Crippen MR) is 54.4 cm³/mol. The highest BCUT2D eigenvalue weighted by Crippen LogP contribution is 2.13. The number of H-pyrrole nitrogens is 2. The van der Waals surface area contributed by atoms with Crippen LogP contribution in [0.4, 0.5) is 0 Å². The predicted octanol–water partition coefficient (Wildman–Crippen LogP) is 1.71. The molecule has 0 aliphatic heterocycles. The van der Waals surface area contributed by atoms with Crippen LogP contribution in [0, 0.1) is 0 Å². The number of aromatic nitrogens is 3. The fourth-order valence-electron chi connectivity index (χ4n) is 1.05. The molecule has 2 aromatic rings. The Morgan fingerprint density at radius 1 is 1.43 bits per heavy atom. The topological polar surface area (TPSA) is 61.5 Å². The van der Waals surface area contributed by atoms with Crippen LogP contribution in [0.3, 0.4) is 0 Å². The van der Waals surface area contributed by atoms with Crippen LogP contribution < -0.4 is 0 Å². The molecule has 2 heterocycles. The van der Waals surface area contributed by atoms with Crippen molar-refractivity contribution in [2.75, 3.05) is 5.75 Å². The Bertz CT molecular complexity index is 394. The van der Waals surface area contributed by atoms with Crippen LogP contribution >= 0.6 is 11.8 Å². The second-order valence-electron chi connectivity index (χ2n) is 2.69.